The van der Waals surface area contributed by atoms with Crippen LogP contribution in [0.15, 0.2) is 42.5 Å². The van der Waals surface area contributed by atoms with Crippen LogP contribution >= 0.6 is 0 Å². The summed E-state index contributed by atoms with van der Waals surface area (Å²) in [6, 6.07) is 14.5. The lowest BCUT2D eigenvalue weighted by molar-refractivity contribution is 0.414. The number of ether oxygens (including phenoxy) is 1. The molecule has 2 aromatic rings. The molecule has 3 nitrogen and oxygen atoms in total. The van der Waals surface area contributed by atoms with Gasteiger partial charge in [-0.25, -0.2) is 0 Å². The van der Waals surface area contributed by atoms with E-state index in [2.05, 4.69) is 55.5 Å². The molecule has 0 spiro atoms. The number of nitrogens with zero attached hydrogens (tertiary/aromatic N) is 1. The Bertz CT molecular complexity index is 579. The van der Waals surface area contributed by atoms with Crippen molar-refractivity contribution >= 4 is 11.4 Å². The predicted octanol–water partition coefficient (Wildman–Crippen LogP) is 3.68. The van der Waals surface area contributed by atoms with E-state index in [0.717, 1.165) is 18.0 Å². The molecule has 106 valence electrons. The van der Waals surface area contributed by atoms with E-state index in [1.165, 1.54) is 16.8 Å². The Kier molecular flexibility index (Phi) is 4.51. The molecule has 0 aromatic heterocycles. The summed E-state index contributed by atoms with van der Waals surface area (Å²) in [7, 11) is 5.82. The number of anilines is 2. The molecule has 2 aromatic carbocycles. The van der Waals surface area contributed by atoms with E-state index < -0.39 is 0 Å². The summed E-state index contributed by atoms with van der Waals surface area (Å²) in [5, 5.41) is 3.45. The van der Waals surface area contributed by atoms with Gasteiger partial charge in [0.2, 0.25) is 0 Å². The number of methoxy groups -OCH3 is 1. The van der Waals surface area contributed by atoms with Crippen LogP contribution in [0.25, 0.3) is 0 Å². The summed E-state index contributed by atoms with van der Waals surface area (Å²) in [5.41, 5.74) is 4.85. The summed E-state index contributed by atoms with van der Waals surface area (Å²) >= 11 is 0. The van der Waals surface area contributed by atoms with Crippen LogP contribution in [0.3, 0.4) is 0 Å². The fourth-order valence-corrected chi connectivity index (χ4v) is 2.19. The van der Waals surface area contributed by atoms with Crippen LogP contribution in [0.1, 0.15) is 11.1 Å². The number of hydrogen-bond donors (Lipinski definition) is 1. The molecule has 0 saturated carbocycles. The Morgan fingerprint density at radius 2 is 1.90 bits per heavy atom. The standard InChI is InChI=1S/C17H22N2O/c1-13-8-9-15(11-17(13)19(2)3)18-12-14-6-5-7-16(10-14)20-4/h5-11,18H,12H2,1-4H3. The van der Waals surface area contributed by atoms with E-state index in [9.17, 15) is 0 Å². The maximum atomic E-state index is 5.24. The molecular formula is C17H22N2O. The summed E-state index contributed by atoms with van der Waals surface area (Å²) < 4.78 is 5.24. The van der Waals surface area contributed by atoms with Gasteiger partial charge in [-0.3, -0.25) is 0 Å². The Morgan fingerprint density at radius 1 is 1.10 bits per heavy atom. The van der Waals surface area contributed by atoms with Gasteiger partial charge in [-0.1, -0.05) is 18.2 Å². The summed E-state index contributed by atoms with van der Waals surface area (Å²) in [4.78, 5) is 2.13. The van der Waals surface area contributed by atoms with E-state index in [0.29, 0.717) is 0 Å². The number of aryl methyl sites for hydroxylation is 1. The fourth-order valence-electron chi connectivity index (χ4n) is 2.19. The van der Waals surface area contributed by atoms with Crippen LogP contribution in [0.5, 0.6) is 5.75 Å². The van der Waals surface area contributed by atoms with Crippen LogP contribution in [-0.4, -0.2) is 21.2 Å². The quantitative estimate of drug-likeness (QED) is 0.897. The van der Waals surface area contributed by atoms with E-state index in [1.54, 1.807) is 7.11 Å². The van der Waals surface area contributed by atoms with Crippen LogP contribution in [0, 0.1) is 6.92 Å². The third-order valence-electron chi connectivity index (χ3n) is 3.32. The van der Waals surface area contributed by atoms with Gasteiger partial charge in [0.25, 0.3) is 0 Å². The highest BCUT2D eigenvalue weighted by Gasteiger charge is 2.02. The summed E-state index contributed by atoms with van der Waals surface area (Å²) in [6.45, 7) is 2.91. The largest absolute Gasteiger partial charge is 0.497 e. The Morgan fingerprint density at radius 3 is 2.60 bits per heavy atom. The van der Waals surface area contributed by atoms with Crippen molar-refractivity contribution in [1.82, 2.24) is 0 Å². The first-order valence-corrected chi connectivity index (χ1v) is 6.75. The van der Waals surface area contributed by atoms with Crippen molar-refractivity contribution in [2.24, 2.45) is 0 Å². The predicted molar refractivity (Wildman–Crippen MR) is 85.8 cm³/mol. The molecule has 3 heteroatoms. The number of nitrogens with one attached hydrogen (secondary N) is 1. The molecule has 1 N–H and O–H groups in total. The Balaban J connectivity index is 2.08. The van der Waals surface area contributed by atoms with Gasteiger partial charge >= 0.3 is 0 Å². The first-order valence-electron chi connectivity index (χ1n) is 6.75. The van der Waals surface area contributed by atoms with Crippen molar-refractivity contribution < 1.29 is 4.74 Å². The van der Waals surface area contributed by atoms with Gasteiger partial charge in [-0.15, -0.1) is 0 Å². The molecule has 0 aliphatic heterocycles. The summed E-state index contributed by atoms with van der Waals surface area (Å²) in [5.74, 6) is 0.891. The van der Waals surface area contributed by atoms with Crippen LogP contribution < -0.4 is 15.0 Å². The van der Waals surface area contributed by atoms with Crippen LogP contribution in [-0.2, 0) is 6.54 Å². The fraction of sp³-hybridized carbons (Fsp3) is 0.294. The average Bonchev–Trinajstić information content (AvgIpc) is 2.46. The second-order valence-electron chi connectivity index (χ2n) is 5.10. The molecule has 0 aliphatic rings. The van der Waals surface area contributed by atoms with Gasteiger partial charge in [0.15, 0.2) is 0 Å². The molecule has 0 bridgehead atoms. The van der Waals surface area contributed by atoms with Gasteiger partial charge in [0, 0.05) is 32.0 Å². The molecule has 0 heterocycles. The third kappa shape index (κ3) is 3.44. The molecule has 0 atom stereocenters. The lowest BCUT2D eigenvalue weighted by Gasteiger charge is -2.17. The number of hydrogen-bond acceptors (Lipinski definition) is 3. The first kappa shape index (κ1) is 14.3. The van der Waals surface area contributed by atoms with Gasteiger partial charge in [0.05, 0.1) is 7.11 Å². The van der Waals surface area contributed by atoms with Crippen molar-refractivity contribution in [2.75, 3.05) is 31.4 Å². The maximum Gasteiger partial charge on any atom is 0.119 e. The third-order valence-corrected chi connectivity index (χ3v) is 3.32. The highest BCUT2D eigenvalue weighted by Crippen LogP contribution is 2.23. The minimum atomic E-state index is 0.785. The Hall–Kier alpha value is -2.16. The van der Waals surface area contributed by atoms with Crippen molar-refractivity contribution in [3.05, 3.63) is 53.6 Å². The zero-order valence-corrected chi connectivity index (χ0v) is 12.6. The van der Waals surface area contributed by atoms with Gasteiger partial charge < -0.3 is 15.0 Å². The number of rotatable bonds is 5. The minimum absolute atomic E-state index is 0.785. The number of benzene rings is 2. The topological polar surface area (TPSA) is 24.5 Å². The van der Waals surface area contributed by atoms with Crippen molar-refractivity contribution in [3.63, 3.8) is 0 Å². The van der Waals surface area contributed by atoms with Crippen LogP contribution in [0.4, 0.5) is 11.4 Å². The van der Waals surface area contributed by atoms with Crippen molar-refractivity contribution in [3.8, 4) is 5.75 Å². The molecule has 0 unspecified atom stereocenters. The highest BCUT2D eigenvalue weighted by molar-refractivity contribution is 5.62. The van der Waals surface area contributed by atoms with Gasteiger partial charge in [-0.2, -0.15) is 0 Å². The Labute approximate surface area is 121 Å². The molecule has 0 radical (unpaired) electrons. The monoisotopic (exact) mass is 270 g/mol. The molecular weight excluding hydrogens is 248 g/mol. The van der Waals surface area contributed by atoms with Crippen LogP contribution in [0.2, 0.25) is 0 Å². The average molecular weight is 270 g/mol. The molecule has 0 amide bonds. The molecule has 0 fully saturated rings. The SMILES string of the molecule is COc1cccc(CNc2ccc(C)c(N(C)C)c2)c1. The minimum Gasteiger partial charge on any atom is -0.497 e. The second-order valence-corrected chi connectivity index (χ2v) is 5.10. The van der Waals surface area contributed by atoms with Gasteiger partial charge in [0.1, 0.15) is 5.75 Å². The zero-order valence-electron chi connectivity index (χ0n) is 12.6. The van der Waals surface area contributed by atoms with Crippen molar-refractivity contribution in [1.29, 1.82) is 0 Å². The summed E-state index contributed by atoms with van der Waals surface area (Å²) in [6.07, 6.45) is 0. The highest BCUT2D eigenvalue weighted by atomic mass is 16.5. The lowest BCUT2D eigenvalue weighted by Crippen LogP contribution is -2.11. The molecule has 2 rings (SSSR count). The van der Waals surface area contributed by atoms with E-state index in [1.807, 2.05) is 18.2 Å². The second kappa shape index (κ2) is 6.33. The maximum absolute atomic E-state index is 5.24. The molecule has 0 aliphatic carbocycles. The zero-order chi connectivity index (χ0) is 14.5. The van der Waals surface area contributed by atoms with Crippen molar-refractivity contribution in [2.45, 2.75) is 13.5 Å². The normalized spacial score (nSPS) is 10.2. The first-order chi connectivity index (χ1) is 9.60. The van der Waals surface area contributed by atoms with Gasteiger partial charge in [-0.05, 0) is 42.3 Å². The van der Waals surface area contributed by atoms with E-state index >= 15 is 0 Å². The van der Waals surface area contributed by atoms with E-state index in [4.69, 9.17) is 4.74 Å². The lowest BCUT2D eigenvalue weighted by atomic mass is 10.1. The molecule has 20 heavy (non-hydrogen) atoms. The smallest absolute Gasteiger partial charge is 0.119 e. The van der Waals surface area contributed by atoms with E-state index in [-0.39, 0.29) is 0 Å². The molecule has 0 saturated heterocycles.